The van der Waals surface area contributed by atoms with Crippen LogP contribution in [0.1, 0.15) is 41.8 Å². The van der Waals surface area contributed by atoms with Gasteiger partial charge in [-0.3, -0.25) is 4.79 Å². The summed E-state index contributed by atoms with van der Waals surface area (Å²) in [5.74, 6) is 1.56. The van der Waals surface area contributed by atoms with E-state index >= 15 is 0 Å². The van der Waals surface area contributed by atoms with E-state index in [1.807, 2.05) is 26.8 Å². The van der Waals surface area contributed by atoms with E-state index in [-0.39, 0.29) is 17.6 Å². The van der Waals surface area contributed by atoms with E-state index in [1.54, 1.807) is 37.4 Å². The highest BCUT2D eigenvalue weighted by molar-refractivity contribution is 6.07. The van der Waals surface area contributed by atoms with Gasteiger partial charge in [0.2, 0.25) is 0 Å². The van der Waals surface area contributed by atoms with Crippen LogP contribution in [0.5, 0.6) is 5.75 Å². The number of hydrogen-bond acceptors (Lipinski definition) is 5. The quantitative estimate of drug-likeness (QED) is 0.534. The van der Waals surface area contributed by atoms with Gasteiger partial charge < -0.3 is 18.9 Å². The molecule has 0 aliphatic carbocycles. The molecule has 1 amide bonds. The van der Waals surface area contributed by atoms with Crippen LogP contribution in [-0.2, 0) is 0 Å². The lowest BCUT2D eigenvalue weighted by Crippen LogP contribution is -2.12. The molecule has 0 fully saturated rings. The first kappa shape index (κ1) is 17.1. The second kappa shape index (κ2) is 6.46. The summed E-state index contributed by atoms with van der Waals surface area (Å²) in [6.45, 7) is 5.90. The molecule has 2 heterocycles. The van der Waals surface area contributed by atoms with E-state index in [4.69, 9.17) is 13.6 Å². The standard InChI is InChI=1S/C21H20N2O4/c1-11(2)21-23-16-9-13(5-7-18(16)27-21)22-20(24)19-12(3)15-10-14(25-4)6-8-17(15)26-19/h5-11H,1-4H3,(H,22,24). The summed E-state index contributed by atoms with van der Waals surface area (Å²) in [4.78, 5) is 17.2. The van der Waals surface area contributed by atoms with Crippen LogP contribution in [0, 0.1) is 6.92 Å². The van der Waals surface area contributed by atoms with Crippen LogP contribution in [0.3, 0.4) is 0 Å². The molecule has 0 radical (unpaired) electrons. The van der Waals surface area contributed by atoms with Crippen molar-refractivity contribution in [2.75, 3.05) is 12.4 Å². The molecule has 0 aliphatic heterocycles. The second-order valence-electron chi connectivity index (χ2n) is 6.76. The van der Waals surface area contributed by atoms with Crippen molar-refractivity contribution in [2.45, 2.75) is 26.7 Å². The number of hydrogen-bond donors (Lipinski definition) is 1. The van der Waals surface area contributed by atoms with Crippen LogP contribution in [0.2, 0.25) is 0 Å². The Bertz CT molecular complexity index is 1150. The number of oxazole rings is 1. The van der Waals surface area contributed by atoms with Gasteiger partial charge in [-0.2, -0.15) is 0 Å². The number of amides is 1. The van der Waals surface area contributed by atoms with E-state index < -0.39 is 0 Å². The average Bonchev–Trinajstić information content (AvgIpc) is 3.22. The van der Waals surface area contributed by atoms with E-state index in [0.29, 0.717) is 28.3 Å². The third-order valence-electron chi connectivity index (χ3n) is 4.51. The number of methoxy groups -OCH3 is 1. The Balaban J connectivity index is 1.64. The summed E-state index contributed by atoms with van der Waals surface area (Å²) in [5, 5.41) is 3.73. The molecule has 4 aromatic rings. The Hall–Kier alpha value is -3.28. The average molecular weight is 364 g/mol. The summed E-state index contributed by atoms with van der Waals surface area (Å²) in [7, 11) is 1.61. The maximum absolute atomic E-state index is 12.7. The molecule has 0 aliphatic rings. The molecule has 4 rings (SSSR count). The maximum atomic E-state index is 12.7. The van der Waals surface area contributed by atoms with E-state index in [9.17, 15) is 4.79 Å². The van der Waals surface area contributed by atoms with Crippen molar-refractivity contribution in [2.24, 2.45) is 0 Å². The van der Waals surface area contributed by atoms with Gasteiger partial charge in [0, 0.05) is 22.6 Å². The molecule has 0 bridgehead atoms. The lowest BCUT2D eigenvalue weighted by Gasteiger charge is -2.03. The van der Waals surface area contributed by atoms with Crippen LogP contribution in [-0.4, -0.2) is 18.0 Å². The predicted molar refractivity (Wildman–Crippen MR) is 104 cm³/mol. The van der Waals surface area contributed by atoms with Crippen molar-refractivity contribution in [3.8, 4) is 5.75 Å². The highest BCUT2D eigenvalue weighted by Gasteiger charge is 2.19. The number of anilines is 1. The molecule has 138 valence electrons. The van der Waals surface area contributed by atoms with Crippen molar-refractivity contribution in [1.29, 1.82) is 0 Å². The van der Waals surface area contributed by atoms with Gasteiger partial charge in [0.25, 0.3) is 5.91 Å². The summed E-state index contributed by atoms with van der Waals surface area (Å²) < 4.78 is 16.7. The Morgan fingerprint density at radius 1 is 1.11 bits per heavy atom. The second-order valence-corrected chi connectivity index (χ2v) is 6.76. The zero-order valence-electron chi connectivity index (χ0n) is 15.6. The van der Waals surface area contributed by atoms with Crippen molar-refractivity contribution >= 4 is 33.7 Å². The number of aryl methyl sites for hydroxylation is 1. The number of rotatable bonds is 4. The summed E-state index contributed by atoms with van der Waals surface area (Å²) in [5.41, 5.74) is 3.46. The lowest BCUT2D eigenvalue weighted by atomic mass is 10.1. The number of furan rings is 1. The van der Waals surface area contributed by atoms with Gasteiger partial charge in [0.15, 0.2) is 17.2 Å². The zero-order chi connectivity index (χ0) is 19.1. The molecule has 2 aromatic carbocycles. The monoisotopic (exact) mass is 364 g/mol. The van der Waals surface area contributed by atoms with Crippen molar-refractivity contribution in [1.82, 2.24) is 4.98 Å². The molecule has 2 aromatic heterocycles. The third kappa shape index (κ3) is 3.03. The fraction of sp³-hybridized carbons (Fsp3) is 0.238. The molecular formula is C21H20N2O4. The minimum absolute atomic E-state index is 0.200. The Labute approximate surface area is 156 Å². The van der Waals surface area contributed by atoms with Gasteiger partial charge >= 0.3 is 0 Å². The molecule has 0 spiro atoms. The van der Waals surface area contributed by atoms with Crippen LogP contribution < -0.4 is 10.1 Å². The van der Waals surface area contributed by atoms with Gasteiger partial charge in [0.05, 0.1) is 7.11 Å². The smallest absolute Gasteiger partial charge is 0.291 e. The van der Waals surface area contributed by atoms with Crippen LogP contribution >= 0.6 is 0 Å². The molecule has 0 unspecified atom stereocenters. The van der Waals surface area contributed by atoms with Crippen molar-refractivity contribution < 1.29 is 18.4 Å². The number of fused-ring (bicyclic) bond motifs is 2. The zero-order valence-corrected chi connectivity index (χ0v) is 15.6. The minimum Gasteiger partial charge on any atom is -0.497 e. The van der Waals surface area contributed by atoms with Gasteiger partial charge in [-0.1, -0.05) is 13.8 Å². The number of carbonyl (C=O) groups excluding carboxylic acids is 1. The van der Waals surface area contributed by atoms with Crippen LogP contribution in [0.15, 0.2) is 45.2 Å². The van der Waals surface area contributed by atoms with E-state index in [0.717, 1.165) is 16.7 Å². The first-order valence-corrected chi connectivity index (χ1v) is 8.75. The molecule has 1 N–H and O–H groups in total. The number of benzene rings is 2. The molecule has 0 atom stereocenters. The van der Waals surface area contributed by atoms with Gasteiger partial charge in [-0.25, -0.2) is 4.98 Å². The Morgan fingerprint density at radius 2 is 1.89 bits per heavy atom. The molecule has 0 saturated heterocycles. The first-order chi connectivity index (χ1) is 13.0. The third-order valence-corrected chi connectivity index (χ3v) is 4.51. The highest BCUT2D eigenvalue weighted by Crippen LogP contribution is 2.30. The van der Waals surface area contributed by atoms with Crippen molar-refractivity contribution in [3.05, 3.63) is 53.6 Å². The number of nitrogens with one attached hydrogen (secondary N) is 1. The van der Waals surface area contributed by atoms with Gasteiger partial charge in [0.1, 0.15) is 16.8 Å². The maximum Gasteiger partial charge on any atom is 0.291 e. The highest BCUT2D eigenvalue weighted by atomic mass is 16.5. The van der Waals surface area contributed by atoms with E-state index in [2.05, 4.69) is 10.3 Å². The molecule has 27 heavy (non-hydrogen) atoms. The van der Waals surface area contributed by atoms with Crippen LogP contribution in [0.25, 0.3) is 22.1 Å². The predicted octanol–water partition coefficient (Wildman–Crippen LogP) is 5.27. The van der Waals surface area contributed by atoms with Crippen molar-refractivity contribution in [3.63, 3.8) is 0 Å². The normalized spacial score (nSPS) is 11.4. The largest absolute Gasteiger partial charge is 0.497 e. The number of aromatic nitrogens is 1. The lowest BCUT2D eigenvalue weighted by molar-refractivity contribution is 0.0998. The van der Waals surface area contributed by atoms with Gasteiger partial charge in [-0.15, -0.1) is 0 Å². The topological polar surface area (TPSA) is 77.5 Å². The summed E-state index contributed by atoms with van der Waals surface area (Å²) in [6.07, 6.45) is 0. The van der Waals surface area contributed by atoms with E-state index in [1.165, 1.54) is 0 Å². The molecule has 0 saturated carbocycles. The number of carbonyl (C=O) groups is 1. The first-order valence-electron chi connectivity index (χ1n) is 8.75. The summed E-state index contributed by atoms with van der Waals surface area (Å²) in [6, 6.07) is 10.9. The Morgan fingerprint density at radius 3 is 2.63 bits per heavy atom. The fourth-order valence-electron chi connectivity index (χ4n) is 3.00. The number of ether oxygens (including phenoxy) is 1. The summed E-state index contributed by atoms with van der Waals surface area (Å²) >= 11 is 0. The number of nitrogens with zero attached hydrogens (tertiary/aromatic N) is 1. The molecular weight excluding hydrogens is 344 g/mol. The minimum atomic E-state index is -0.311. The molecule has 6 heteroatoms. The molecule has 6 nitrogen and oxygen atoms in total. The Kier molecular flexibility index (Phi) is 4.11. The SMILES string of the molecule is COc1ccc2oc(C(=O)Nc3ccc4oc(C(C)C)nc4c3)c(C)c2c1. The fourth-order valence-corrected chi connectivity index (χ4v) is 3.00. The van der Waals surface area contributed by atoms with Crippen LogP contribution in [0.4, 0.5) is 5.69 Å². The van der Waals surface area contributed by atoms with Gasteiger partial charge in [-0.05, 0) is 43.3 Å².